The third-order valence-corrected chi connectivity index (χ3v) is 5.00. The van der Waals surface area contributed by atoms with Crippen LogP contribution in [-0.2, 0) is 0 Å². The lowest BCUT2D eigenvalue weighted by Gasteiger charge is -2.56. The summed E-state index contributed by atoms with van der Waals surface area (Å²) in [6.45, 7) is 0. The Hall–Kier alpha value is -0.780. The second-order valence-corrected chi connectivity index (χ2v) is 5.32. The molecule has 0 spiro atoms. The van der Waals surface area contributed by atoms with Crippen molar-refractivity contribution in [3.8, 4) is 0 Å². The van der Waals surface area contributed by atoms with E-state index in [1.54, 1.807) is 11.1 Å². The van der Waals surface area contributed by atoms with Gasteiger partial charge in [0.05, 0.1) is 0 Å². The van der Waals surface area contributed by atoms with Crippen LogP contribution in [0, 0.1) is 11.8 Å². The summed E-state index contributed by atoms with van der Waals surface area (Å²) in [5.41, 5.74) is 3.43. The first-order chi connectivity index (χ1) is 6.95. The molecule has 0 unspecified atom stereocenters. The zero-order chi connectivity index (χ0) is 9.12. The molecule has 0 aliphatic heterocycles. The van der Waals surface area contributed by atoms with Gasteiger partial charge in [-0.15, -0.1) is 0 Å². The van der Waals surface area contributed by atoms with Crippen LogP contribution in [0.4, 0.5) is 0 Å². The number of hydrogen-bond acceptors (Lipinski definition) is 0. The van der Waals surface area contributed by atoms with Gasteiger partial charge >= 0.3 is 0 Å². The summed E-state index contributed by atoms with van der Waals surface area (Å²) in [4.78, 5) is 0. The zero-order valence-corrected chi connectivity index (χ0v) is 8.45. The molecule has 4 aliphatic carbocycles. The smallest absolute Gasteiger partial charge is 0.0128 e. The first-order valence-corrected chi connectivity index (χ1v) is 6.04. The summed E-state index contributed by atoms with van der Waals surface area (Å²) in [5.74, 6) is 4.03. The van der Waals surface area contributed by atoms with Gasteiger partial charge in [0, 0.05) is 0 Å². The van der Waals surface area contributed by atoms with Crippen LogP contribution >= 0.6 is 0 Å². The molecule has 0 heteroatoms. The molecule has 2 bridgehead atoms. The van der Waals surface area contributed by atoms with Crippen molar-refractivity contribution in [2.45, 2.75) is 37.5 Å². The molecule has 0 nitrogen and oxygen atoms in total. The highest BCUT2D eigenvalue weighted by atomic mass is 14.5. The highest BCUT2D eigenvalue weighted by Crippen LogP contribution is 2.62. The summed E-state index contributed by atoms with van der Waals surface area (Å²) in [6.07, 6.45) is 5.98. The molecule has 0 N–H and O–H groups in total. The van der Waals surface area contributed by atoms with Gasteiger partial charge in [-0.25, -0.2) is 0 Å². The van der Waals surface area contributed by atoms with Gasteiger partial charge in [0.1, 0.15) is 0 Å². The van der Waals surface area contributed by atoms with E-state index in [-0.39, 0.29) is 0 Å². The number of rotatable bonds is 0. The van der Waals surface area contributed by atoms with Crippen LogP contribution in [0.1, 0.15) is 48.6 Å². The third kappa shape index (κ3) is 0.724. The maximum atomic E-state index is 2.39. The van der Waals surface area contributed by atoms with Gasteiger partial charge in [0.15, 0.2) is 0 Å². The highest BCUT2D eigenvalue weighted by Gasteiger charge is 2.50. The van der Waals surface area contributed by atoms with Gasteiger partial charge in [0.2, 0.25) is 0 Å². The largest absolute Gasteiger partial charge is 0.0620 e. The summed E-state index contributed by atoms with van der Waals surface area (Å²) in [5, 5.41) is 0. The summed E-state index contributed by atoms with van der Waals surface area (Å²) in [6, 6.07) is 9.24. The van der Waals surface area contributed by atoms with Crippen molar-refractivity contribution in [1.29, 1.82) is 0 Å². The van der Waals surface area contributed by atoms with Gasteiger partial charge in [-0.3, -0.25) is 0 Å². The normalized spacial score (nSPS) is 42.6. The molecule has 4 aliphatic rings. The predicted molar refractivity (Wildman–Crippen MR) is 57.4 cm³/mol. The molecule has 5 rings (SSSR count). The molecule has 1 aromatic rings. The van der Waals surface area contributed by atoms with E-state index in [0.29, 0.717) is 0 Å². The van der Waals surface area contributed by atoms with Crippen molar-refractivity contribution >= 4 is 0 Å². The van der Waals surface area contributed by atoms with Crippen LogP contribution in [-0.4, -0.2) is 0 Å². The fraction of sp³-hybridized carbons (Fsp3) is 0.571. The van der Waals surface area contributed by atoms with Gasteiger partial charge in [0.25, 0.3) is 0 Å². The zero-order valence-electron chi connectivity index (χ0n) is 8.45. The van der Waals surface area contributed by atoms with Gasteiger partial charge in [-0.1, -0.05) is 24.3 Å². The quantitative estimate of drug-likeness (QED) is 0.577. The van der Waals surface area contributed by atoms with E-state index < -0.39 is 0 Å². The topological polar surface area (TPSA) is 0 Å². The van der Waals surface area contributed by atoms with Gasteiger partial charge in [-0.05, 0) is 60.5 Å². The predicted octanol–water partition coefficient (Wildman–Crippen LogP) is 3.69. The van der Waals surface area contributed by atoms with Crippen molar-refractivity contribution in [3.63, 3.8) is 0 Å². The summed E-state index contributed by atoms with van der Waals surface area (Å²) < 4.78 is 0. The molecule has 1 aromatic carbocycles. The standard InChI is InChI=1S/C14H16/c1-2-4-10-9(3-1)11-5-6-12(10)14-8-7-13(11)14/h1-4,11-14H,5-8H2/t11-,12-,13-,14+/m1/s1. The monoisotopic (exact) mass is 184 g/mol. The second kappa shape index (κ2) is 2.42. The maximum Gasteiger partial charge on any atom is -0.0128 e. The molecular weight excluding hydrogens is 168 g/mol. The third-order valence-electron chi connectivity index (χ3n) is 5.00. The number of hydrogen-bond donors (Lipinski definition) is 0. The minimum absolute atomic E-state index is 0.940. The lowest BCUT2D eigenvalue weighted by atomic mass is 9.49. The average molecular weight is 184 g/mol. The molecule has 0 heterocycles. The van der Waals surface area contributed by atoms with E-state index in [4.69, 9.17) is 0 Å². The lowest BCUT2D eigenvalue weighted by molar-refractivity contribution is 0.0497. The molecule has 2 saturated carbocycles. The Kier molecular flexibility index (Phi) is 1.30. The van der Waals surface area contributed by atoms with E-state index >= 15 is 0 Å². The van der Waals surface area contributed by atoms with Gasteiger partial charge in [-0.2, -0.15) is 0 Å². The van der Waals surface area contributed by atoms with Crippen molar-refractivity contribution in [3.05, 3.63) is 35.4 Å². The van der Waals surface area contributed by atoms with E-state index in [1.165, 1.54) is 25.7 Å². The molecule has 0 aromatic heterocycles. The first kappa shape index (κ1) is 7.50. The molecule has 0 amide bonds. The van der Waals surface area contributed by atoms with Crippen LogP contribution in [0.2, 0.25) is 0 Å². The Balaban J connectivity index is 1.93. The van der Waals surface area contributed by atoms with Crippen LogP contribution in [0.5, 0.6) is 0 Å². The van der Waals surface area contributed by atoms with Crippen molar-refractivity contribution < 1.29 is 0 Å². The van der Waals surface area contributed by atoms with Crippen molar-refractivity contribution in [1.82, 2.24) is 0 Å². The molecule has 4 atom stereocenters. The Morgan fingerprint density at radius 3 is 1.64 bits per heavy atom. The summed E-state index contributed by atoms with van der Waals surface area (Å²) in [7, 11) is 0. The molecular formula is C14H16. The Labute approximate surface area is 85.3 Å². The molecule has 2 fully saturated rings. The van der Waals surface area contributed by atoms with Crippen LogP contribution in [0.25, 0.3) is 0 Å². The SMILES string of the molecule is c1ccc2c(c1)[C@H]1CC[C@H]2[C@H]2CC[C@H]21. The molecule has 0 radical (unpaired) electrons. The van der Waals surface area contributed by atoms with Crippen molar-refractivity contribution in [2.24, 2.45) is 11.8 Å². The first-order valence-electron chi connectivity index (χ1n) is 6.04. The van der Waals surface area contributed by atoms with Gasteiger partial charge < -0.3 is 0 Å². The molecule has 14 heavy (non-hydrogen) atoms. The Morgan fingerprint density at radius 1 is 0.714 bits per heavy atom. The summed E-state index contributed by atoms with van der Waals surface area (Å²) >= 11 is 0. The Bertz CT molecular complexity index is 342. The maximum absolute atomic E-state index is 2.39. The average Bonchev–Trinajstić information content (AvgIpc) is 2.19. The van der Waals surface area contributed by atoms with E-state index in [1.807, 2.05) is 0 Å². The molecule has 0 saturated heterocycles. The van der Waals surface area contributed by atoms with Crippen LogP contribution in [0.3, 0.4) is 0 Å². The molecule has 72 valence electrons. The van der Waals surface area contributed by atoms with E-state index in [0.717, 1.165) is 23.7 Å². The fourth-order valence-electron chi connectivity index (χ4n) is 4.30. The minimum Gasteiger partial charge on any atom is -0.0620 e. The van der Waals surface area contributed by atoms with E-state index in [2.05, 4.69) is 24.3 Å². The fourth-order valence-corrected chi connectivity index (χ4v) is 4.30. The van der Waals surface area contributed by atoms with Crippen LogP contribution in [0.15, 0.2) is 24.3 Å². The van der Waals surface area contributed by atoms with Crippen molar-refractivity contribution in [2.75, 3.05) is 0 Å². The minimum atomic E-state index is 0.940. The number of benzene rings is 1. The Morgan fingerprint density at radius 2 is 1.21 bits per heavy atom. The highest BCUT2D eigenvalue weighted by molar-refractivity contribution is 5.41. The van der Waals surface area contributed by atoms with E-state index in [9.17, 15) is 0 Å². The van der Waals surface area contributed by atoms with Crippen LogP contribution < -0.4 is 0 Å². The lowest BCUT2D eigenvalue weighted by Crippen LogP contribution is -2.44. The number of fused-ring (bicyclic) bond motifs is 1. The second-order valence-electron chi connectivity index (χ2n) is 5.32.